The normalized spacial score (nSPS) is 17.3. The van der Waals surface area contributed by atoms with Gasteiger partial charge in [-0.15, -0.1) is 12.4 Å². The number of ether oxygens (including phenoxy) is 1. The van der Waals surface area contributed by atoms with Gasteiger partial charge in [0.2, 0.25) is 10.0 Å². The lowest BCUT2D eigenvalue weighted by atomic mass is 10.1. The maximum absolute atomic E-state index is 13.4. The number of nitrogens with zero attached hydrogens (tertiary/aromatic N) is 1. The van der Waals surface area contributed by atoms with Crippen molar-refractivity contribution in [3.63, 3.8) is 0 Å². The molecule has 2 N–H and O–H groups in total. The number of aryl methyl sites for hydroxylation is 2. The summed E-state index contributed by atoms with van der Waals surface area (Å²) in [6.07, 6.45) is -4.54. The number of methoxy groups -OCH3 is 1. The highest BCUT2D eigenvalue weighted by Crippen LogP contribution is 2.30. The van der Waals surface area contributed by atoms with Crippen LogP contribution in [-0.4, -0.2) is 65.4 Å². The van der Waals surface area contributed by atoms with Crippen LogP contribution < -0.4 is 14.8 Å². The molecule has 2 rings (SSSR count). The van der Waals surface area contributed by atoms with Crippen molar-refractivity contribution in [1.82, 2.24) is 14.9 Å². The smallest absolute Gasteiger partial charge is 0.405 e. The van der Waals surface area contributed by atoms with E-state index in [1.165, 1.54) is 12.0 Å². The molecular formula is C16H25ClF3N3O3S. The standard InChI is InChI=1S/C16H24F3N3O3S.ClH/c1-11-8-12(2)15(13(9-11)25-3)26(23,24)21-10-14(16(17,18)19)22-6-4-20-5-7-22;/h8-9,14,20-21H,4-7,10H2,1-3H3;1H. The van der Waals surface area contributed by atoms with Crippen LogP contribution in [0.1, 0.15) is 11.1 Å². The highest BCUT2D eigenvalue weighted by molar-refractivity contribution is 7.89. The van der Waals surface area contributed by atoms with Gasteiger partial charge >= 0.3 is 6.18 Å². The minimum absolute atomic E-state index is 0. The number of alkyl halides is 3. The highest BCUT2D eigenvalue weighted by Gasteiger charge is 2.44. The predicted molar refractivity (Wildman–Crippen MR) is 99.2 cm³/mol. The summed E-state index contributed by atoms with van der Waals surface area (Å²) in [7, 11) is -2.84. The van der Waals surface area contributed by atoms with Gasteiger partial charge in [0.1, 0.15) is 16.7 Å². The van der Waals surface area contributed by atoms with Gasteiger partial charge in [0.05, 0.1) is 7.11 Å². The molecule has 0 aliphatic carbocycles. The van der Waals surface area contributed by atoms with Crippen molar-refractivity contribution in [1.29, 1.82) is 0 Å². The topological polar surface area (TPSA) is 70.7 Å². The maximum atomic E-state index is 13.4. The van der Waals surface area contributed by atoms with Crippen molar-refractivity contribution in [2.75, 3.05) is 39.8 Å². The number of rotatable bonds is 6. The molecule has 1 aromatic rings. The van der Waals surface area contributed by atoms with Crippen LogP contribution in [0.25, 0.3) is 0 Å². The van der Waals surface area contributed by atoms with Gasteiger partial charge in [-0.1, -0.05) is 6.07 Å². The van der Waals surface area contributed by atoms with Gasteiger partial charge in [0, 0.05) is 32.7 Å². The van der Waals surface area contributed by atoms with E-state index in [0.717, 1.165) is 5.56 Å². The molecule has 1 heterocycles. The third-order valence-corrected chi connectivity index (χ3v) is 5.92. The molecular weight excluding hydrogens is 407 g/mol. The van der Waals surface area contributed by atoms with Crippen molar-refractivity contribution in [3.05, 3.63) is 23.3 Å². The van der Waals surface area contributed by atoms with E-state index >= 15 is 0 Å². The Morgan fingerprint density at radius 1 is 1.26 bits per heavy atom. The summed E-state index contributed by atoms with van der Waals surface area (Å²) < 4.78 is 72.9. The molecule has 0 radical (unpaired) electrons. The molecule has 1 saturated heterocycles. The summed E-state index contributed by atoms with van der Waals surface area (Å²) in [5.41, 5.74) is 1.22. The van der Waals surface area contributed by atoms with Gasteiger partial charge in [-0.3, -0.25) is 4.90 Å². The highest BCUT2D eigenvalue weighted by atomic mass is 35.5. The van der Waals surface area contributed by atoms with Gasteiger partial charge < -0.3 is 10.1 Å². The van der Waals surface area contributed by atoms with Crippen molar-refractivity contribution in [3.8, 4) is 5.75 Å². The molecule has 0 amide bonds. The Balaban J connectivity index is 0.00000364. The largest absolute Gasteiger partial charge is 0.495 e. The van der Waals surface area contributed by atoms with Gasteiger partial charge in [0.15, 0.2) is 0 Å². The van der Waals surface area contributed by atoms with E-state index in [2.05, 4.69) is 10.0 Å². The third-order valence-electron chi connectivity index (χ3n) is 4.31. The molecule has 1 unspecified atom stereocenters. The first-order chi connectivity index (χ1) is 12.1. The van der Waals surface area contributed by atoms with Crippen molar-refractivity contribution in [2.45, 2.75) is 31.0 Å². The van der Waals surface area contributed by atoms with E-state index < -0.39 is 28.8 Å². The molecule has 11 heteroatoms. The van der Waals surface area contributed by atoms with Crippen LogP contribution in [0.15, 0.2) is 17.0 Å². The Kier molecular flexibility index (Phi) is 8.36. The monoisotopic (exact) mass is 431 g/mol. The van der Waals surface area contributed by atoms with Crippen molar-refractivity contribution in [2.24, 2.45) is 0 Å². The van der Waals surface area contributed by atoms with Gasteiger partial charge in [0.25, 0.3) is 0 Å². The van der Waals surface area contributed by atoms with Crippen molar-refractivity contribution >= 4 is 22.4 Å². The summed E-state index contributed by atoms with van der Waals surface area (Å²) in [4.78, 5) is 1.12. The maximum Gasteiger partial charge on any atom is 0.405 e. The zero-order chi connectivity index (χ0) is 19.5. The summed E-state index contributed by atoms with van der Waals surface area (Å²) in [6.45, 7) is 3.90. The quantitative estimate of drug-likeness (QED) is 0.719. The van der Waals surface area contributed by atoms with Crippen LogP contribution >= 0.6 is 12.4 Å². The van der Waals surface area contributed by atoms with Crippen LogP contribution in [0, 0.1) is 13.8 Å². The molecule has 6 nitrogen and oxygen atoms in total. The molecule has 1 aliphatic rings. The summed E-state index contributed by atoms with van der Waals surface area (Å²) in [5, 5.41) is 2.98. The minimum atomic E-state index is -4.54. The zero-order valence-electron chi connectivity index (χ0n) is 15.4. The fourth-order valence-corrected chi connectivity index (χ4v) is 4.53. The summed E-state index contributed by atoms with van der Waals surface area (Å²) in [5.74, 6) is 0.112. The number of sulfonamides is 1. The third kappa shape index (κ3) is 5.95. The van der Waals surface area contributed by atoms with E-state index in [0.29, 0.717) is 18.7 Å². The summed E-state index contributed by atoms with van der Waals surface area (Å²) in [6, 6.07) is 1.31. The molecule has 0 spiro atoms. The van der Waals surface area contributed by atoms with Crippen LogP contribution in [0.4, 0.5) is 13.2 Å². The Hall–Kier alpha value is -1.07. The van der Waals surface area contributed by atoms with Gasteiger partial charge in [-0.05, 0) is 31.0 Å². The number of halogens is 4. The van der Waals surface area contributed by atoms with Crippen LogP contribution in [0.2, 0.25) is 0 Å². The molecule has 0 bridgehead atoms. The molecule has 1 atom stereocenters. The number of benzene rings is 1. The second kappa shape index (κ2) is 9.42. The lowest BCUT2D eigenvalue weighted by Gasteiger charge is -2.35. The summed E-state index contributed by atoms with van der Waals surface area (Å²) >= 11 is 0. The molecule has 0 saturated carbocycles. The van der Waals surface area contributed by atoms with Crippen LogP contribution in [-0.2, 0) is 10.0 Å². The van der Waals surface area contributed by atoms with Crippen molar-refractivity contribution < 1.29 is 26.3 Å². The molecule has 1 aliphatic heterocycles. The lowest BCUT2D eigenvalue weighted by molar-refractivity contribution is -0.182. The predicted octanol–water partition coefficient (Wildman–Crippen LogP) is 1.85. The first kappa shape index (κ1) is 24.0. The molecule has 27 heavy (non-hydrogen) atoms. The molecule has 1 aromatic carbocycles. The minimum Gasteiger partial charge on any atom is -0.495 e. The number of hydrogen-bond donors (Lipinski definition) is 2. The molecule has 1 fully saturated rings. The Labute approximate surface area is 163 Å². The average Bonchev–Trinajstić information content (AvgIpc) is 2.53. The Morgan fingerprint density at radius 2 is 1.85 bits per heavy atom. The van der Waals surface area contributed by atoms with E-state index in [1.54, 1.807) is 26.0 Å². The van der Waals surface area contributed by atoms with E-state index in [1.807, 2.05) is 0 Å². The molecule has 0 aromatic heterocycles. The first-order valence-corrected chi connectivity index (χ1v) is 9.71. The second-order valence-electron chi connectivity index (χ2n) is 6.31. The Bertz CT molecular complexity index is 738. The fraction of sp³-hybridized carbons (Fsp3) is 0.625. The van der Waals surface area contributed by atoms with Crippen LogP contribution in [0.3, 0.4) is 0 Å². The average molecular weight is 432 g/mol. The number of piperazine rings is 1. The van der Waals surface area contributed by atoms with E-state index in [4.69, 9.17) is 4.74 Å². The fourth-order valence-electron chi connectivity index (χ4n) is 3.12. The van der Waals surface area contributed by atoms with Gasteiger partial charge in [-0.25, -0.2) is 13.1 Å². The van der Waals surface area contributed by atoms with Crippen LogP contribution in [0.5, 0.6) is 5.75 Å². The number of hydrogen-bond acceptors (Lipinski definition) is 5. The van der Waals surface area contributed by atoms with Gasteiger partial charge in [-0.2, -0.15) is 13.2 Å². The SMILES string of the molecule is COc1cc(C)cc(C)c1S(=O)(=O)NCC(N1CCNCC1)C(F)(F)F.Cl. The Morgan fingerprint density at radius 3 is 2.37 bits per heavy atom. The lowest BCUT2D eigenvalue weighted by Crippen LogP contribution is -2.57. The van der Waals surface area contributed by atoms with E-state index in [-0.39, 0.29) is 36.1 Å². The molecule has 156 valence electrons. The first-order valence-electron chi connectivity index (χ1n) is 8.22. The number of nitrogens with one attached hydrogen (secondary N) is 2. The second-order valence-corrected chi connectivity index (χ2v) is 8.01. The van der Waals surface area contributed by atoms with E-state index in [9.17, 15) is 21.6 Å². The zero-order valence-corrected chi connectivity index (χ0v) is 17.0.